The Morgan fingerprint density at radius 3 is 2.79 bits per heavy atom. The molecule has 0 aliphatic heterocycles. The molecule has 0 radical (unpaired) electrons. The predicted molar refractivity (Wildman–Crippen MR) is 108 cm³/mol. The van der Waals surface area contributed by atoms with Crippen molar-refractivity contribution in [2.45, 2.75) is 12.8 Å². The predicted octanol–water partition coefficient (Wildman–Crippen LogP) is 2.92. The molecule has 28 heavy (non-hydrogen) atoms. The van der Waals surface area contributed by atoms with E-state index in [0.29, 0.717) is 48.9 Å². The molecule has 7 nitrogen and oxygen atoms in total. The van der Waals surface area contributed by atoms with E-state index in [1.165, 1.54) is 0 Å². The number of rotatable bonds is 9. The van der Waals surface area contributed by atoms with Crippen molar-refractivity contribution in [2.75, 3.05) is 19.7 Å². The van der Waals surface area contributed by atoms with Gasteiger partial charge in [0.15, 0.2) is 0 Å². The van der Waals surface area contributed by atoms with Gasteiger partial charge in [-0.15, -0.1) is 0 Å². The largest absolute Gasteiger partial charge is 0.492 e. The van der Waals surface area contributed by atoms with Crippen LogP contribution in [0.15, 0.2) is 48.8 Å². The number of H-pyrrole nitrogens is 1. The number of ether oxygens (including phenoxy) is 1. The van der Waals surface area contributed by atoms with Gasteiger partial charge in [-0.25, -0.2) is 4.98 Å². The fraction of sp³-hybridized carbons (Fsp3) is 0.250. The number of benzene rings is 2. The lowest BCUT2D eigenvalue weighted by molar-refractivity contribution is -0.121. The zero-order valence-electron chi connectivity index (χ0n) is 15.2. The molecular formula is C20H21ClN4O3. The third-order valence-corrected chi connectivity index (χ3v) is 4.37. The minimum absolute atomic E-state index is 0.0871. The van der Waals surface area contributed by atoms with E-state index < -0.39 is 0 Å². The van der Waals surface area contributed by atoms with Crippen molar-refractivity contribution in [3.63, 3.8) is 0 Å². The summed E-state index contributed by atoms with van der Waals surface area (Å²) in [7, 11) is 0. The lowest BCUT2D eigenvalue weighted by atomic mass is 10.2. The van der Waals surface area contributed by atoms with Gasteiger partial charge in [0.25, 0.3) is 5.91 Å². The van der Waals surface area contributed by atoms with Crippen molar-refractivity contribution in [3.8, 4) is 5.75 Å². The van der Waals surface area contributed by atoms with Gasteiger partial charge in [-0.1, -0.05) is 23.7 Å². The molecule has 146 valence electrons. The van der Waals surface area contributed by atoms with Crippen molar-refractivity contribution in [1.82, 2.24) is 20.6 Å². The third-order valence-electron chi connectivity index (χ3n) is 4.06. The molecule has 0 bridgehead atoms. The molecule has 1 heterocycles. The molecule has 0 unspecified atom stereocenters. The summed E-state index contributed by atoms with van der Waals surface area (Å²) in [6, 6.07) is 12.5. The van der Waals surface area contributed by atoms with Gasteiger partial charge in [-0.3, -0.25) is 9.59 Å². The smallest absolute Gasteiger partial charge is 0.251 e. The van der Waals surface area contributed by atoms with Gasteiger partial charge in [0.1, 0.15) is 5.75 Å². The molecule has 0 atom stereocenters. The van der Waals surface area contributed by atoms with Gasteiger partial charge >= 0.3 is 0 Å². The maximum Gasteiger partial charge on any atom is 0.251 e. The fourth-order valence-corrected chi connectivity index (χ4v) is 2.81. The number of hydrogen-bond acceptors (Lipinski definition) is 4. The van der Waals surface area contributed by atoms with Crippen LogP contribution in [0, 0.1) is 0 Å². The first-order valence-corrected chi connectivity index (χ1v) is 9.36. The zero-order chi connectivity index (χ0) is 19.8. The molecule has 3 aromatic rings. The van der Waals surface area contributed by atoms with Crippen molar-refractivity contribution >= 4 is 34.4 Å². The van der Waals surface area contributed by atoms with E-state index in [4.69, 9.17) is 16.3 Å². The number of fused-ring (bicyclic) bond motifs is 1. The van der Waals surface area contributed by atoms with Crippen LogP contribution < -0.4 is 15.4 Å². The quantitative estimate of drug-likeness (QED) is 0.481. The highest BCUT2D eigenvalue weighted by molar-refractivity contribution is 6.32. The second kappa shape index (κ2) is 9.75. The summed E-state index contributed by atoms with van der Waals surface area (Å²) in [6.45, 7) is 1.12. The van der Waals surface area contributed by atoms with Gasteiger partial charge in [0.2, 0.25) is 5.91 Å². The van der Waals surface area contributed by atoms with Gasteiger partial charge in [0.05, 0.1) is 29.0 Å². The summed E-state index contributed by atoms with van der Waals surface area (Å²) in [5, 5.41) is 6.10. The second-order valence-corrected chi connectivity index (χ2v) is 6.53. The van der Waals surface area contributed by atoms with Crippen LogP contribution in [0.2, 0.25) is 5.02 Å². The first-order valence-electron chi connectivity index (χ1n) is 8.99. The maximum atomic E-state index is 12.1. The molecule has 0 spiro atoms. The number of aromatic amines is 1. The molecule has 3 N–H and O–H groups in total. The van der Waals surface area contributed by atoms with Gasteiger partial charge in [-0.2, -0.15) is 0 Å². The molecule has 0 fully saturated rings. The SMILES string of the molecule is O=C(CCCOc1ccccc1Cl)NCCNC(=O)c1ccc2nc[nH]c2c1. The second-order valence-electron chi connectivity index (χ2n) is 6.12. The van der Waals surface area contributed by atoms with E-state index in [-0.39, 0.29) is 11.8 Å². The Kier molecular flexibility index (Phi) is 6.86. The number of carbonyl (C=O) groups is 2. The third kappa shape index (κ3) is 5.47. The molecule has 2 amide bonds. The minimum atomic E-state index is -0.195. The van der Waals surface area contributed by atoms with Crippen LogP contribution in [0.25, 0.3) is 11.0 Å². The summed E-state index contributed by atoms with van der Waals surface area (Å²) in [6.07, 6.45) is 2.50. The molecule has 3 rings (SSSR count). The normalized spacial score (nSPS) is 10.6. The fourth-order valence-electron chi connectivity index (χ4n) is 2.62. The number of aromatic nitrogens is 2. The first kappa shape index (κ1) is 19.7. The monoisotopic (exact) mass is 400 g/mol. The first-order chi connectivity index (χ1) is 13.6. The highest BCUT2D eigenvalue weighted by Crippen LogP contribution is 2.23. The number of para-hydroxylation sites is 1. The molecule has 0 aliphatic rings. The molecular weight excluding hydrogens is 380 g/mol. The average molecular weight is 401 g/mol. The highest BCUT2D eigenvalue weighted by Gasteiger charge is 2.07. The number of nitrogens with one attached hydrogen (secondary N) is 3. The number of hydrogen-bond donors (Lipinski definition) is 3. The van der Waals surface area contributed by atoms with E-state index in [1.54, 1.807) is 36.7 Å². The number of carbonyl (C=O) groups excluding carboxylic acids is 2. The summed E-state index contributed by atoms with van der Waals surface area (Å²) in [4.78, 5) is 31.1. The molecule has 0 saturated heterocycles. The van der Waals surface area contributed by atoms with Crippen LogP contribution in [-0.4, -0.2) is 41.5 Å². The van der Waals surface area contributed by atoms with E-state index >= 15 is 0 Å². The molecule has 1 aromatic heterocycles. The lowest BCUT2D eigenvalue weighted by Crippen LogP contribution is -2.34. The Hall–Kier alpha value is -3.06. The molecule has 8 heteroatoms. The molecule has 0 saturated carbocycles. The Balaban J connectivity index is 1.29. The van der Waals surface area contributed by atoms with E-state index in [2.05, 4.69) is 20.6 Å². The van der Waals surface area contributed by atoms with Gasteiger partial charge in [0, 0.05) is 25.1 Å². The van der Waals surface area contributed by atoms with Crippen molar-refractivity contribution in [2.24, 2.45) is 0 Å². The Morgan fingerprint density at radius 2 is 1.93 bits per heavy atom. The minimum Gasteiger partial charge on any atom is -0.492 e. The Morgan fingerprint density at radius 1 is 1.11 bits per heavy atom. The van der Waals surface area contributed by atoms with Crippen LogP contribution in [0.1, 0.15) is 23.2 Å². The topological polar surface area (TPSA) is 96.1 Å². The molecule has 0 aliphatic carbocycles. The summed E-state index contributed by atoms with van der Waals surface area (Å²) in [5.41, 5.74) is 2.15. The molecule has 2 aromatic carbocycles. The van der Waals surface area contributed by atoms with E-state index in [9.17, 15) is 9.59 Å². The van der Waals surface area contributed by atoms with E-state index in [0.717, 1.165) is 11.0 Å². The summed E-state index contributed by atoms with van der Waals surface area (Å²) >= 11 is 6.00. The zero-order valence-corrected chi connectivity index (χ0v) is 16.0. The van der Waals surface area contributed by atoms with Gasteiger partial charge < -0.3 is 20.4 Å². The highest BCUT2D eigenvalue weighted by atomic mass is 35.5. The van der Waals surface area contributed by atoms with E-state index in [1.807, 2.05) is 12.1 Å². The Bertz CT molecular complexity index is 957. The van der Waals surface area contributed by atoms with Crippen LogP contribution >= 0.6 is 11.6 Å². The number of amides is 2. The van der Waals surface area contributed by atoms with Crippen molar-refractivity contribution in [1.29, 1.82) is 0 Å². The summed E-state index contributed by atoms with van der Waals surface area (Å²) < 4.78 is 5.54. The average Bonchev–Trinajstić information content (AvgIpc) is 3.17. The van der Waals surface area contributed by atoms with Crippen LogP contribution in [0.5, 0.6) is 5.75 Å². The van der Waals surface area contributed by atoms with Crippen molar-refractivity contribution in [3.05, 3.63) is 59.4 Å². The Labute approximate surface area is 167 Å². The number of halogens is 1. The number of nitrogens with zero attached hydrogens (tertiary/aromatic N) is 1. The van der Waals surface area contributed by atoms with Crippen molar-refractivity contribution < 1.29 is 14.3 Å². The number of imidazole rings is 1. The standard InChI is InChI=1S/C20H21ClN4O3/c21-15-4-1-2-5-18(15)28-11-3-6-19(26)22-9-10-23-20(27)14-7-8-16-17(12-14)25-13-24-16/h1-2,4-5,7-8,12-13H,3,6,9-11H2,(H,22,26)(H,23,27)(H,24,25). The maximum absolute atomic E-state index is 12.1. The van der Waals surface area contributed by atoms with Crippen LogP contribution in [0.4, 0.5) is 0 Å². The lowest BCUT2D eigenvalue weighted by Gasteiger charge is -2.09. The summed E-state index contributed by atoms with van der Waals surface area (Å²) in [5.74, 6) is 0.329. The van der Waals surface area contributed by atoms with Crippen LogP contribution in [0.3, 0.4) is 0 Å². The van der Waals surface area contributed by atoms with Crippen LogP contribution in [-0.2, 0) is 4.79 Å². The van der Waals surface area contributed by atoms with Gasteiger partial charge in [-0.05, 0) is 36.8 Å².